The van der Waals surface area contributed by atoms with E-state index in [1.165, 1.54) is 11.1 Å². The number of piperidine rings is 1. The lowest BCUT2D eigenvalue weighted by Crippen LogP contribution is -2.65. The highest BCUT2D eigenvalue weighted by Gasteiger charge is 2.65. The number of tetrazole rings is 1. The predicted octanol–water partition coefficient (Wildman–Crippen LogP) is 2.56. The molecule has 7 rings (SSSR count). The number of benzene rings is 2. The average Bonchev–Trinajstić information content (AvgIpc) is 3.45. The molecule has 8 nitrogen and oxygen atoms in total. The number of methoxy groups -OCH3 is 1. The van der Waals surface area contributed by atoms with Crippen molar-refractivity contribution in [1.82, 2.24) is 25.1 Å². The van der Waals surface area contributed by atoms with Gasteiger partial charge in [0.15, 0.2) is 17.6 Å². The van der Waals surface area contributed by atoms with Crippen LogP contribution in [0.1, 0.15) is 17.5 Å². The van der Waals surface area contributed by atoms with Crippen LogP contribution in [-0.4, -0.2) is 64.1 Å². The summed E-state index contributed by atoms with van der Waals surface area (Å²) in [7, 11) is 3.95. The second-order valence-corrected chi connectivity index (χ2v) is 9.41. The Balaban J connectivity index is 1.33. The molecule has 8 heteroatoms. The number of aromatic nitrogens is 4. The van der Waals surface area contributed by atoms with Crippen LogP contribution in [0.25, 0.3) is 5.69 Å². The summed E-state index contributed by atoms with van der Waals surface area (Å²) in [5, 5.41) is 12.2. The van der Waals surface area contributed by atoms with Crippen LogP contribution in [0.4, 0.5) is 0 Å². The SMILES string of the molecule is COc1ccc2c3c1O[C@@H]1[C@H](Oc4nnnn4-c4ccccc4)C=C[C@@H]4[C@H](C2)N(C)CC[C@@]341. The van der Waals surface area contributed by atoms with E-state index < -0.39 is 0 Å². The van der Waals surface area contributed by atoms with Crippen molar-refractivity contribution in [2.24, 2.45) is 5.92 Å². The first-order valence-electron chi connectivity index (χ1n) is 11.5. The highest BCUT2D eigenvalue weighted by atomic mass is 16.6. The van der Waals surface area contributed by atoms with E-state index in [1.807, 2.05) is 36.4 Å². The Kier molecular flexibility index (Phi) is 3.94. The summed E-state index contributed by atoms with van der Waals surface area (Å²) in [4.78, 5) is 2.50. The third-order valence-electron chi connectivity index (χ3n) is 8.02. The summed E-state index contributed by atoms with van der Waals surface area (Å²) in [5.74, 6) is 2.04. The molecule has 4 aliphatic rings. The maximum atomic E-state index is 6.75. The summed E-state index contributed by atoms with van der Waals surface area (Å²) in [6.45, 7) is 1.03. The molecule has 3 heterocycles. The van der Waals surface area contributed by atoms with Gasteiger partial charge in [-0.15, -0.1) is 0 Å². The molecule has 0 radical (unpaired) electrons. The number of nitrogens with zero attached hydrogens (tertiary/aromatic N) is 5. The van der Waals surface area contributed by atoms with E-state index in [4.69, 9.17) is 14.2 Å². The van der Waals surface area contributed by atoms with Crippen LogP contribution >= 0.6 is 0 Å². The molecule has 0 amide bonds. The normalized spacial score (nSPS) is 31.1. The minimum Gasteiger partial charge on any atom is -0.493 e. The molecular weight excluding hydrogens is 418 g/mol. The Labute approximate surface area is 191 Å². The topological polar surface area (TPSA) is 74.5 Å². The Morgan fingerprint density at radius 3 is 2.85 bits per heavy atom. The van der Waals surface area contributed by atoms with E-state index in [1.54, 1.807) is 11.8 Å². The van der Waals surface area contributed by atoms with Crippen LogP contribution < -0.4 is 14.2 Å². The Morgan fingerprint density at radius 1 is 1.12 bits per heavy atom. The van der Waals surface area contributed by atoms with Gasteiger partial charge in [0.2, 0.25) is 0 Å². The van der Waals surface area contributed by atoms with Crippen molar-refractivity contribution in [1.29, 1.82) is 0 Å². The molecular formula is C25H25N5O3. The monoisotopic (exact) mass is 443 g/mol. The van der Waals surface area contributed by atoms with Crippen LogP contribution in [-0.2, 0) is 11.8 Å². The zero-order valence-corrected chi connectivity index (χ0v) is 18.6. The molecule has 168 valence electrons. The largest absolute Gasteiger partial charge is 0.493 e. The van der Waals surface area contributed by atoms with Crippen molar-refractivity contribution < 1.29 is 14.2 Å². The molecule has 0 unspecified atom stereocenters. The fourth-order valence-electron chi connectivity index (χ4n) is 6.58. The average molecular weight is 444 g/mol. The van der Waals surface area contributed by atoms with Gasteiger partial charge in [-0.2, -0.15) is 4.68 Å². The van der Waals surface area contributed by atoms with Crippen molar-refractivity contribution >= 4 is 0 Å². The molecule has 2 aliphatic heterocycles. The summed E-state index contributed by atoms with van der Waals surface area (Å²) in [6, 6.07) is 14.8. The molecule has 33 heavy (non-hydrogen) atoms. The predicted molar refractivity (Wildman–Crippen MR) is 120 cm³/mol. The first-order chi connectivity index (χ1) is 16.2. The molecule has 1 aromatic heterocycles. The maximum Gasteiger partial charge on any atom is 0.341 e. The molecule has 1 fully saturated rings. The molecule has 1 saturated heterocycles. The Hall–Kier alpha value is -3.39. The summed E-state index contributed by atoms with van der Waals surface area (Å²) < 4.78 is 20.6. The van der Waals surface area contributed by atoms with E-state index in [2.05, 4.69) is 45.7 Å². The molecule has 5 atom stereocenters. The van der Waals surface area contributed by atoms with Crippen LogP contribution in [0, 0.1) is 5.92 Å². The molecule has 0 saturated carbocycles. The van der Waals surface area contributed by atoms with E-state index >= 15 is 0 Å². The smallest absolute Gasteiger partial charge is 0.341 e. The lowest BCUT2D eigenvalue weighted by Gasteiger charge is -2.56. The minimum absolute atomic E-state index is 0.140. The lowest BCUT2D eigenvalue weighted by atomic mass is 9.53. The first kappa shape index (κ1) is 19.1. The van der Waals surface area contributed by atoms with Crippen LogP contribution in [0.15, 0.2) is 54.6 Å². The van der Waals surface area contributed by atoms with Gasteiger partial charge in [0.1, 0.15) is 6.10 Å². The van der Waals surface area contributed by atoms with Gasteiger partial charge in [-0.1, -0.05) is 35.4 Å². The van der Waals surface area contributed by atoms with Gasteiger partial charge in [0.25, 0.3) is 0 Å². The van der Waals surface area contributed by atoms with Crippen molar-refractivity contribution in [2.45, 2.75) is 36.5 Å². The quantitative estimate of drug-likeness (QED) is 0.574. The van der Waals surface area contributed by atoms with Gasteiger partial charge in [-0.25, -0.2) is 0 Å². The van der Waals surface area contributed by atoms with Gasteiger partial charge in [-0.3, -0.25) is 0 Å². The van der Waals surface area contributed by atoms with E-state index in [-0.39, 0.29) is 17.6 Å². The molecule has 3 aromatic rings. The standard InChI is InChI=1S/C25H25N5O3/c1-29-13-12-25-17-9-11-20(32-24-26-27-28-30(24)16-6-4-3-5-7-16)23(25)33-22-19(31-2)10-8-15(21(22)25)14-18(17)29/h3-11,17-18,20,23H,12-14H2,1-2H3/t17-,18+,20-,23-,25+/m1/s1. The number of hydrogen-bond donors (Lipinski definition) is 0. The van der Waals surface area contributed by atoms with Gasteiger partial charge in [-0.05, 0) is 66.7 Å². The fraction of sp³-hybridized carbons (Fsp3) is 0.400. The van der Waals surface area contributed by atoms with Crippen LogP contribution in [0.3, 0.4) is 0 Å². The van der Waals surface area contributed by atoms with Crippen molar-refractivity contribution in [3.05, 3.63) is 65.7 Å². The summed E-state index contributed by atoms with van der Waals surface area (Å²) >= 11 is 0. The third kappa shape index (κ3) is 2.47. The minimum atomic E-state index is -0.318. The highest BCUT2D eigenvalue weighted by molar-refractivity contribution is 5.62. The Bertz CT molecular complexity index is 1260. The first-order valence-corrected chi connectivity index (χ1v) is 11.5. The number of likely N-dealkylation sites (tertiary alicyclic amines) is 1. The lowest BCUT2D eigenvalue weighted by molar-refractivity contribution is -0.0406. The highest BCUT2D eigenvalue weighted by Crippen LogP contribution is 2.62. The van der Waals surface area contributed by atoms with Crippen LogP contribution in [0.2, 0.25) is 0 Å². The van der Waals surface area contributed by atoms with Crippen molar-refractivity contribution in [3.63, 3.8) is 0 Å². The maximum absolute atomic E-state index is 6.75. The zero-order valence-electron chi connectivity index (χ0n) is 18.6. The fourth-order valence-corrected chi connectivity index (χ4v) is 6.58. The van der Waals surface area contributed by atoms with E-state index in [9.17, 15) is 0 Å². The van der Waals surface area contributed by atoms with Gasteiger partial charge in [0.05, 0.1) is 12.8 Å². The number of rotatable bonds is 4. The zero-order chi connectivity index (χ0) is 22.2. The number of ether oxygens (including phenoxy) is 3. The van der Waals surface area contributed by atoms with Gasteiger partial charge >= 0.3 is 6.01 Å². The van der Waals surface area contributed by atoms with Crippen molar-refractivity contribution in [3.8, 4) is 23.2 Å². The molecule has 1 spiro atoms. The number of hydrogen-bond acceptors (Lipinski definition) is 7. The van der Waals surface area contributed by atoms with Crippen molar-refractivity contribution in [2.75, 3.05) is 20.7 Å². The van der Waals surface area contributed by atoms with Gasteiger partial charge < -0.3 is 19.1 Å². The summed E-state index contributed by atoms with van der Waals surface area (Å²) in [5.41, 5.74) is 3.40. The molecule has 2 bridgehead atoms. The molecule has 2 aliphatic carbocycles. The number of likely N-dealkylation sites (N-methyl/N-ethyl adjacent to an activating group) is 1. The second-order valence-electron chi connectivity index (χ2n) is 9.41. The third-order valence-corrected chi connectivity index (χ3v) is 8.02. The van der Waals surface area contributed by atoms with Gasteiger partial charge in [0, 0.05) is 22.9 Å². The van der Waals surface area contributed by atoms with Crippen LogP contribution in [0.5, 0.6) is 17.5 Å². The summed E-state index contributed by atoms with van der Waals surface area (Å²) in [6.07, 6.45) is 6.03. The molecule has 0 N–H and O–H groups in total. The van der Waals surface area contributed by atoms with E-state index in [0.717, 1.165) is 36.6 Å². The second kappa shape index (κ2) is 6.81. The number of para-hydroxylation sites is 1. The van der Waals surface area contributed by atoms with E-state index in [0.29, 0.717) is 18.0 Å². The Morgan fingerprint density at radius 2 is 2.00 bits per heavy atom. The molecule has 2 aromatic carbocycles.